The molecule has 0 atom stereocenters. The van der Waals surface area contributed by atoms with Gasteiger partial charge in [-0.05, 0) is 12.0 Å². The molecule has 2 N–H and O–H groups in total. The number of H-pyrrole nitrogens is 1. The summed E-state index contributed by atoms with van der Waals surface area (Å²) in [6.07, 6.45) is 2.80. The summed E-state index contributed by atoms with van der Waals surface area (Å²) >= 11 is 0. The van der Waals surface area contributed by atoms with E-state index in [2.05, 4.69) is 19.9 Å². The molecule has 0 bridgehead atoms. The maximum atomic E-state index is 11.8. The first-order chi connectivity index (χ1) is 9.16. The molecule has 0 unspecified atom stereocenters. The molecule has 1 aromatic heterocycles. The zero-order chi connectivity index (χ0) is 13.6. The van der Waals surface area contributed by atoms with Crippen LogP contribution < -0.4 is 4.72 Å². The van der Waals surface area contributed by atoms with Gasteiger partial charge in [0, 0.05) is 13.0 Å². The number of hydrogen-bond donors (Lipinski definition) is 2. The maximum Gasteiger partial charge on any atom is 0.215 e. The maximum absolute atomic E-state index is 11.8. The second kappa shape index (κ2) is 6.44. The third kappa shape index (κ3) is 4.80. The van der Waals surface area contributed by atoms with Crippen LogP contribution in [0.4, 0.5) is 0 Å². The first-order valence-electron chi connectivity index (χ1n) is 6.01. The van der Waals surface area contributed by atoms with E-state index in [0.717, 1.165) is 11.4 Å². The van der Waals surface area contributed by atoms with Gasteiger partial charge in [-0.1, -0.05) is 30.3 Å². The molecule has 0 aliphatic carbocycles. The van der Waals surface area contributed by atoms with Crippen molar-refractivity contribution < 1.29 is 8.42 Å². The third-order valence-corrected chi connectivity index (χ3v) is 3.93. The Morgan fingerprint density at radius 1 is 1.21 bits per heavy atom. The average molecular weight is 280 g/mol. The molecule has 1 heterocycles. The van der Waals surface area contributed by atoms with Crippen molar-refractivity contribution in [3.05, 3.63) is 48.0 Å². The van der Waals surface area contributed by atoms with Crippen LogP contribution in [-0.4, -0.2) is 30.1 Å². The highest BCUT2D eigenvalue weighted by molar-refractivity contribution is 7.88. The average Bonchev–Trinajstić information content (AvgIpc) is 2.88. The lowest BCUT2D eigenvalue weighted by molar-refractivity contribution is 0.577. The summed E-state index contributed by atoms with van der Waals surface area (Å²) in [7, 11) is -3.27. The molecule has 0 aliphatic rings. The van der Waals surface area contributed by atoms with Gasteiger partial charge >= 0.3 is 0 Å². The number of hydrogen-bond acceptors (Lipinski definition) is 4. The third-order valence-electron chi connectivity index (χ3n) is 2.58. The van der Waals surface area contributed by atoms with Crippen molar-refractivity contribution in [2.75, 3.05) is 6.54 Å². The van der Waals surface area contributed by atoms with E-state index in [1.807, 2.05) is 18.2 Å². The lowest BCUT2D eigenvalue weighted by Gasteiger charge is -2.06. The van der Waals surface area contributed by atoms with Crippen molar-refractivity contribution in [2.24, 2.45) is 0 Å². The number of benzene rings is 1. The normalized spacial score (nSPS) is 11.6. The number of aryl methyl sites for hydroxylation is 1. The molecule has 0 aliphatic heterocycles. The molecular weight excluding hydrogens is 264 g/mol. The van der Waals surface area contributed by atoms with E-state index >= 15 is 0 Å². The Kier molecular flexibility index (Phi) is 4.64. The lowest BCUT2D eigenvalue weighted by Crippen LogP contribution is -2.26. The monoisotopic (exact) mass is 280 g/mol. The molecular formula is C12H16N4O2S. The summed E-state index contributed by atoms with van der Waals surface area (Å²) in [6.45, 7) is 0.399. The Labute approximate surface area is 112 Å². The van der Waals surface area contributed by atoms with Crippen LogP contribution >= 0.6 is 0 Å². The van der Waals surface area contributed by atoms with E-state index in [1.54, 1.807) is 12.1 Å². The Morgan fingerprint density at radius 3 is 2.68 bits per heavy atom. The van der Waals surface area contributed by atoms with Crippen LogP contribution in [0.3, 0.4) is 0 Å². The zero-order valence-corrected chi connectivity index (χ0v) is 11.2. The first kappa shape index (κ1) is 13.7. The summed E-state index contributed by atoms with van der Waals surface area (Å²) in [5.41, 5.74) is 0.783. The second-order valence-corrected chi connectivity index (χ2v) is 5.98. The summed E-state index contributed by atoms with van der Waals surface area (Å²) in [6, 6.07) is 9.12. The summed E-state index contributed by atoms with van der Waals surface area (Å²) in [5.74, 6) is 0.776. The molecule has 0 amide bonds. The molecule has 0 spiro atoms. The molecule has 0 radical (unpaired) electrons. The summed E-state index contributed by atoms with van der Waals surface area (Å²) < 4.78 is 26.2. The Balaban J connectivity index is 1.75. The highest BCUT2D eigenvalue weighted by Crippen LogP contribution is 2.04. The molecule has 7 heteroatoms. The number of aromatic amines is 1. The van der Waals surface area contributed by atoms with Crippen LogP contribution in [0.5, 0.6) is 0 Å². The fourth-order valence-electron chi connectivity index (χ4n) is 1.68. The molecule has 0 saturated heterocycles. The van der Waals surface area contributed by atoms with Crippen molar-refractivity contribution in [1.29, 1.82) is 0 Å². The van der Waals surface area contributed by atoms with Gasteiger partial charge in [0.05, 0.1) is 5.75 Å². The fraction of sp³-hybridized carbons (Fsp3) is 0.333. The van der Waals surface area contributed by atoms with E-state index in [-0.39, 0.29) is 5.75 Å². The summed E-state index contributed by atoms with van der Waals surface area (Å²) in [4.78, 5) is 3.97. The number of nitrogens with zero attached hydrogens (tertiary/aromatic N) is 2. The van der Waals surface area contributed by atoms with E-state index in [1.165, 1.54) is 6.33 Å². The van der Waals surface area contributed by atoms with Crippen molar-refractivity contribution in [2.45, 2.75) is 18.6 Å². The van der Waals surface area contributed by atoms with Gasteiger partial charge in [-0.3, -0.25) is 5.10 Å². The van der Waals surface area contributed by atoms with Crippen LogP contribution in [0.15, 0.2) is 36.7 Å². The largest absolute Gasteiger partial charge is 0.263 e. The van der Waals surface area contributed by atoms with Gasteiger partial charge in [0.1, 0.15) is 12.2 Å². The van der Waals surface area contributed by atoms with Crippen molar-refractivity contribution in [3.63, 3.8) is 0 Å². The topological polar surface area (TPSA) is 87.7 Å². The van der Waals surface area contributed by atoms with Gasteiger partial charge in [-0.2, -0.15) is 5.10 Å². The number of rotatable bonds is 7. The predicted octanol–water partition coefficient (Wildman–Crippen LogP) is 0.857. The molecule has 1 aromatic carbocycles. The van der Waals surface area contributed by atoms with E-state index in [0.29, 0.717) is 19.4 Å². The number of aromatic nitrogens is 3. The van der Waals surface area contributed by atoms with Crippen molar-refractivity contribution >= 4 is 10.0 Å². The predicted molar refractivity (Wildman–Crippen MR) is 71.8 cm³/mol. The van der Waals surface area contributed by atoms with Gasteiger partial charge in [-0.25, -0.2) is 18.1 Å². The molecule has 2 aromatic rings. The van der Waals surface area contributed by atoms with Crippen LogP contribution in [0, 0.1) is 0 Å². The molecule has 2 rings (SSSR count). The van der Waals surface area contributed by atoms with Gasteiger partial charge in [0.25, 0.3) is 0 Å². The van der Waals surface area contributed by atoms with Crippen LogP contribution in [-0.2, 0) is 22.2 Å². The number of nitrogens with one attached hydrogen (secondary N) is 2. The van der Waals surface area contributed by atoms with Gasteiger partial charge in [0.15, 0.2) is 0 Å². The quantitative estimate of drug-likeness (QED) is 0.736. The molecule has 0 saturated carbocycles. The highest BCUT2D eigenvalue weighted by Gasteiger charge is 2.10. The zero-order valence-electron chi connectivity index (χ0n) is 10.4. The number of sulfonamides is 1. The Morgan fingerprint density at radius 2 is 2.00 bits per heavy atom. The van der Waals surface area contributed by atoms with Gasteiger partial charge in [-0.15, -0.1) is 0 Å². The summed E-state index contributed by atoms with van der Waals surface area (Å²) in [5, 5.41) is 6.47. The van der Waals surface area contributed by atoms with E-state index in [9.17, 15) is 8.42 Å². The molecule has 6 nitrogen and oxygen atoms in total. The lowest BCUT2D eigenvalue weighted by atomic mass is 10.2. The Hall–Kier alpha value is -1.73. The fourth-order valence-corrected chi connectivity index (χ4v) is 2.87. The van der Waals surface area contributed by atoms with Crippen LogP contribution in [0.25, 0.3) is 0 Å². The minimum atomic E-state index is -3.27. The highest BCUT2D eigenvalue weighted by atomic mass is 32.2. The standard InChI is InChI=1S/C12H16N4O2S/c17-19(18,9-11-5-2-1-3-6-11)15-8-4-7-12-13-10-14-16-12/h1-3,5-6,10,15H,4,7-9H2,(H,13,14,16). The van der Waals surface area contributed by atoms with Crippen LogP contribution in [0.1, 0.15) is 17.8 Å². The minimum absolute atomic E-state index is 0.0101. The van der Waals surface area contributed by atoms with E-state index < -0.39 is 10.0 Å². The Bertz CT molecular complexity index is 581. The molecule has 102 valence electrons. The van der Waals surface area contributed by atoms with E-state index in [4.69, 9.17) is 0 Å². The smallest absolute Gasteiger partial charge is 0.215 e. The minimum Gasteiger partial charge on any atom is -0.263 e. The SMILES string of the molecule is O=S(=O)(Cc1ccccc1)NCCCc1ncn[nH]1. The van der Waals surface area contributed by atoms with Crippen molar-refractivity contribution in [1.82, 2.24) is 19.9 Å². The van der Waals surface area contributed by atoms with Crippen LogP contribution in [0.2, 0.25) is 0 Å². The van der Waals surface area contributed by atoms with Gasteiger partial charge in [0.2, 0.25) is 10.0 Å². The molecule has 0 fully saturated rings. The first-order valence-corrected chi connectivity index (χ1v) is 7.66. The van der Waals surface area contributed by atoms with Gasteiger partial charge < -0.3 is 0 Å². The molecule has 19 heavy (non-hydrogen) atoms. The second-order valence-electron chi connectivity index (χ2n) is 4.17. The van der Waals surface area contributed by atoms with Crippen molar-refractivity contribution in [3.8, 4) is 0 Å².